The number of carbonyl (C=O) groups is 1. The molecule has 36 heavy (non-hydrogen) atoms. The zero-order chi connectivity index (χ0) is 25.7. The molecule has 0 fully saturated rings. The van der Waals surface area contributed by atoms with Crippen LogP contribution in [-0.2, 0) is 6.42 Å². The molecule has 0 aliphatic rings. The van der Waals surface area contributed by atoms with Crippen LogP contribution in [0.1, 0.15) is 49.3 Å². The van der Waals surface area contributed by atoms with E-state index >= 15 is 0 Å². The molecule has 0 spiro atoms. The second-order valence-corrected chi connectivity index (χ2v) is 9.38. The average Bonchev–Trinajstić information content (AvgIpc) is 3.31. The summed E-state index contributed by atoms with van der Waals surface area (Å²) in [5.41, 5.74) is 4.87. The summed E-state index contributed by atoms with van der Waals surface area (Å²) in [5.74, 6) is -0.298. The number of halogens is 1. The average molecular weight is 487 g/mol. The van der Waals surface area contributed by atoms with Crippen LogP contribution in [0.15, 0.2) is 73.1 Å². The van der Waals surface area contributed by atoms with Crippen LogP contribution in [-0.4, -0.2) is 32.3 Å². The Morgan fingerprint density at radius 2 is 1.81 bits per heavy atom. The van der Waals surface area contributed by atoms with E-state index < -0.39 is 0 Å². The molecule has 0 saturated carbocycles. The van der Waals surface area contributed by atoms with E-state index in [9.17, 15) is 14.3 Å². The van der Waals surface area contributed by atoms with Crippen LogP contribution in [0.2, 0.25) is 0 Å². The Bertz CT molecular complexity index is 1330. The predicted octanol–water partition coefficient (Wildman–Crippen LogP) is 6.04. The molecule has 2 heterocycles. The van der Waals surface area contributed by atoms with Crippen molar-refractivity contribution >= 4 is 5.91 Å². The van der Waals surface area contributed by atoms with Crippen LogP contribution < -0.4 is 5.32 Å². The standard InChI is InChI=1S/C29H31FN4O2/c1-19(2)34-18-26(28(33-34)21-8-10-23(30)11-9-21)22-13-15-31-24(17-22)16-20(3)12-14-32-29(36)25-6-4-5-7-27(25)35/h4-11,13,15,17-20,35H,12,14,16H2,1-3H3,(H,32,36). The number of nitrogens with one attached hydrogen (secondary N) is 1. The quantitative estimate of drug-likeness (QED) is 0.302. The highest BCUT2D eigenvalue weighted by Gasteiger charge is 2.16. The van der Waals surface area contributed by atoms with Gasteiger partial charge in [0.25, 0.3) is 5.91 Å². The minimum absolute atomic E-state index is 0.0233. The lowest BCUT2D eigenvalue weighted by Gasteiger charge is -2.13. The highest BCUT2D eigenvalue weighted by atomic mass is 19.1. The lowest BCUT2D eigenvalue weighted by molar-refractivity contribution is 0.0949. The summed E-state index contributed by atoms with van der Waals surface area (Å²) < 4.78 is 15.4. The molecule has 2 N–H and O–H groups in total. The Kier molecular flexibility index (Phi) is 7.78. The Hall–Kier alpha value is -4.00. The summed E-state index contributed by atoms with van der Waals surface area (Å²) in [6, 6.07) is 17.1. The molecule has 1 amide bonds. The smallest absolute Gasteiger partial charge is 0.255 e. The minimum atomic E-state index is -0.282. The molecular formula is C29H31FN4O2. The number of phenols is 1. The van der Waals surface area contributed by atoms with Crippen molar-refractivity contribution in [3.05, 3.63) is 90.1 Å². The third kappa shape index (κ3) is 5.97. The lowest BCUT2D eigenvalue weighted by atomic mass is 9.98. The molecule has 0 radical (unpaired) electrons. The predicted molar refractivity (Wildman–Crippen MR) is 139 cm³/mol. The van der Waals surface area contributed by atoms with Gasteiger partial charge in [0, 0.05) is 41.8 Å². The van der Waals surface area contributed by atoms with Gasteiger partial charge in [-0.25, -0.2) is 4.39 Å². The van der Waals surface area contributed by atoms with Gasteiger partial charge in [-0.3, -0.25) is 14.5 Å². The van der Waals surface area contributed by atoms with Crippen LogP contribution in [0, 0.1) is 11.7 Å². The summed E-state index contributed by atoms with van der Waals surface area (Å²) in [7, 11) is 0. The van der Waals surface area contributed by atoms with Crippen LogP contribution in [0.25, 0.3) is 22.4 Å². The monoisotopic (exact) mass is 486 g/mol. The van der Waals surface area contributed by atoms with E-state index in [0.717, 1.165) is 40.9 Å². The van der Waals surface area contributed by atoms with Gasteiger partial charge in [-0.05, 0) is 86.7 Å². The third-order valence-electron chi connectivity index (χ3n) is 6.14. The molecule has 2 aromatic carbocycles. The van der Waals surface area contributed by atoms with Crippen molar-refractivity contribution in [1.29, 1.82) is 0 Å². The zero-order valence-electron chi connectivity index (χ0n) is 20.8. The molecule has 0 bridgehead atoms. The largest absolute Gasteiger partial charge is 0.507 e. The van der Waals surface area contributed by atoms with Crippen LogP contribution in [0.4, 0.5) is 4.39 Å². The van der Waals surface area contributed by atoms with E-state index in [0.29, 0.717) is 6.54 Å². The number of aromatic hydroxyl groups is 1. The van der Waals surface area contributed by atoms with Gasteiger partial charge < -0.3 is 10.4 Å². The van der Waals surface area contributed by atoms with Crippen molar-refractivity contribution < 1.29 is 14.3 Å². The van der Waals surface area contributed by atoms with Gasteiger partial charge in [-0.15, -0.1) is 0 Å². The molecule has 4 aromatic rings. The second-order valence-electron chi connectivity index (χ2n) is 9.38. The molecule has 1 unspecified atom stereocenters. The summed E-state index contributed by atoms with van der Waals surface area (Å²) in [6.07, 6.45) is 5.36. The van der Waals surface area contributed by atoms with Gasteiger partial charge in [0.15, 0.2) is 0 Å². The number of carbonyl (C=O) groups excluding carboxylic acids is 1. The Morgan fingerprint density at radius 1 is 1.06 bits per heavy atom. The normalized spacial score (nSPS) is 12.0. The molecule has 7 heteroatoms. The summed E-state index contributed by atoms with van der Waals surface area (Å²) in [4.78, 5) is 16.9. The molecular weight excluding hydrogens is 455 g/mol. The number of para-hydroxylation sites is 1. The number of phenolic OH excluding ortho intramolecular Hbond substituents is 1. The number of pyridine rings is 1. The van der Waals surface area contributed by atoms with Crippen molar-refractivity contribution in [3.63, 3.8) is 0 Å². The summed E-state index contributed by atoms with van der Waals surface area (Å²) in [5, 5.41) is 17.5. The van der Waals surface area contributed by atoms with E-state index in [1.165, 1.54) is 18.2 Å². The highest BCUT2D eigenvalue weighted by molar-refractivity contribution is 5.96. The zero-order valence-corrected chi connectivity index (χ0v) is 20.8. The number of amides is 1. The van der Waals surface area contributed by atoms with E-state index in [4.69, 9.17) is 5.10 Å². The van der Waals surface area contributed by atoms with E-state index in [1.807, 2.05) is 16.9 Å². The molecule has 186 valence electrons. The van der Waals surface area contributed by atoms with Gasteiger partial charge in [-0.2, -0.15) is 5.10 Å². The molecule has 6 nitrogen and oxygen atoms in total. The molecule has 0 aliphatic carbocycles. The maximum Gasteiger partial charge on any atom is 0.255 e. The van der Waals surface area contributed by atoms with Gasteiger partial charge in [0.05, 0.1) is 5.56 Å². The van der Waals surface area contributed by atoms with E-state index in [-0.39, 0.29) is 35.0 Å². The fourth-order valence-electron chi connectivity index (χ4n) is 4.10. The first-order valence-corrected chi connectivity index (χ1v) is 12.2. The van der Waals surface area contributed by atoms with Crippen LogP contribution in [0.5, 0.6) is 5.75 Å². The third-order valence-corrected chi connectivity index (χ3v) is 6.14. The SMILES string of the molecule is CC(CCNC(=O)c1ccccc1O)Cc1cc(-c2cn(C(C)C)nc2-c2ccc(F)cc2)ccn1. The molecule has 0 aliphatic heterocycles. The fraction of sp³-hybridized carbons (Fsp3) is 0.276. The molecule has 2 aromatic heterocycles. The molecule has 1 atom stereocenters. The van der Waals surface area contributed by atoms with Crippen molar-refractivity contribution in [3.8, 4) is 28.1 Å². The number of nitrogens with zero attached hydrogens (tertiary/aromatic N) is 3. The van der Waals surface area contributed by atoms with Crippen LogP contribution in [0.3, 0.4) is 0 Å². The van der Waals surface area contributed by atoms with E-state index in [2.05, 4.69) is 37.1 Å². The highest BCUT2D eigenvalue weighted by Crippen LogP contribution is 2.32. The number of rotatable bonds is 9. The first-order chi connectivity index (χ1) is 17.3. The number of aromatic nitrogens is 3. The van der Waals surface area contributed by atoms with Crippen molar-refractivity contribution in [2.75, 3.05) is 6.54 Å². The summed E-state index contributed by atoms with van der Waals surface area (Å²) in [6.45, 7) is 6.77. The number of hydrogen-bond donors (Lipinski definition) is 2. The van der Waals surface area contributed by atoms with Crippen LogP contribution >= 0.6 is 0 Å². The number of benzene rings is 2. The van der Waals surface area contributed by atoms with Crippen molar-refractivity contribution in [2.45, 2.75) is 39.7 Å². The van der Waals surface area contributed by atoms with Gasteiger partial charge >= 0.3 is 0 Å². The Morgan fingerprint density at radius 3 is 2.53 bits per heavy atom. The maximum atomic E-state index is 13.5. The number of hydrogen-bond acceptors (Lipinski definition) is 4. The van der Waals surface area contributed by atoms with Gasteiger partial charge in [0.1, 0.15) is 17.3 Å². The Balaban J connectivity index is 1.45. The van der Waals surface area contributed by atoms with E-state index in [1.54, 1.807) is 36.5 Å². The van der Waals surface area contributed by atoms with Gasteiger partial charge in [0.2, 0.25) is 0 Å². The molecule has 0 saturated heterocycles. The summed E-state index contributed by atoms with van der Waals surface area (Å²) >= 11 is 0. The Labute approximate surface area is 210 Å². The van der Waals surface area contributed by atoms with Crippen molar-refractivity contribution in [2.24, 2.45) is 5.92 Å². The van der Waals surface area contributed by atoms with Crippen molar-refractivity contribution in [1.82, 2.24) is 20.1 Å². The fourth-order valence-corrected chi connectivity index (χ4v) is 4.10. The first-order valence-electron chi connectivity index (χ1n) is 12.2. The molecule has 4 rings (SSSR count). The minimum Gasteiger partial charge on any atom is -0.507 e. The second kappa shape index (κ2) is 11.2. The van der Waals surface area contributed by atoms with Gasteiger partial charge in [-0.1, -0.05) is 19.1 Å². The lowest BCUT2D eigenvalue weighted by Crippen LogP contribution is -2.26. The first kappa shape index (κ1) is 25.1. The maximum absolute atomic E-state index is 13.5. The topological polar surface area (TPSA) is 80.0 Å².